The van der Waals surface area contributed by atoms with Gasteiger partial charge >= 0.3 is 17.9 Å². The van der Waals surface area contributed by atoms with Crippen LogP contribution in [0.1, 0.15) is 298 Å². The van der Waals surface area contributed by atoms with Gasteiger partial charge in [0.25, 0.3) is 0 Å². The summed E-state index contributed by atoms with van der Waals surface area (Å²) in [6, 6.07) is 0. The molecule has 0 heterocycles. The van der Waals surface area contributed by atoms with Gasteiger partial charge in [0.15, 0.2) is 6.10 Å². The van der Waals surface area contributed by atoms with E-state index in [1.165, 1.54) is 186 Å². The predicted octanol–water partition coefficient (Wildman–Crippen LogP) is 17.3. The molecule has 0 aromatic carbocycles. The van der Waals surface area contributed by atoms with Crippen molar-refractivity contribution in [2.24, 2.45) is 11.8 Å². The number of unbranched alkanes of at least 4 members (excludes halogenated alkanes) is 33. The Balaban J connectivity index is 4.32. The SMILES string of the molecule is CCCCCCCCCCCCCCCCC(=O)OC[C@H](COC(=O)CCCCCCCCCCCCC(C)C)OC(=O)CCCCCCCCCCCCCCC(C)C. The van der Waals surface area contributed by atoms with Crippen molar-refractivity contribution in [3.63, 3.8) is 0 Å². The summed E-state index contributed by atoms with van der Waals surface area (Å²) in [5.41, 5.74) is 0. The van der Waals surface area contributed by atoms with Gasteiger partial charge in [-0.25, -0.2) is 0 Å². The zero-order valence-electron chi connectivity index (χ0n) is 41.1. The van der Waals surface area contributed by atoms with Crippen LogP contribution in [0.4, 0.5) is 0 Å². The van der Waals surface area contributed by atoms with Gasteiger partial charge in [-0.2, -0.15) is 0 Å². The number of rotatable bonds is 48. The van der Waals surface area contributed by atoms with E-state index in [2.05, 4.69) is 34.6 Å². The third kappa shape index (κ3) is 47.5. The second kappa shape index (κ2) is 46.9. The van der Waals surface area contributed by atoms with Crippen molar-refractivity contribution < 1.29 is 28.6 Å². The quantitative estimate of drug-likeness (QED) is 0.0345. The molecule has 0 aliphatic heterocycles. The summed E-state index contributed by atoms with van der Waals surface area (Å²) >= 11 is 0. The van der Waals surface area contributed by atoms with Crippen LogP contribution in [0.5, 0.6) is 0 Å². The Labute approximate surface area is 374 Å². The van der Waals surface area contributed by atoms with Crippen LogP contribution in [0.3, 0.4) is 0 Å². The zero-order valence-corrected chi connectivity index (χ0v) is 41.1. The summed E-state index contributed by atoms with van der Waals surface area (Å²) in [6.45, 7) is 11.4. The molecular formula is C54H104O6. The molecule has 0 unspecified atom stereocenters. The molecule has 0 spiro atoms. The first-order valence-corrected chi connectivity index (χ1v) is 26.7. The zero-order chi connectivity index (χ0) is 44.0. The van der Waals surface area contributed by atoms with Crippen molar-refractivity contribution in [1.29, 1.82) is 0 Å². The molecule has 6 nitrogen and oxygen atoms in total. The standard InChI is InChI=1S/C54H104O6/c1-6-7-8-9-10-11-12-13-14-18-24-29-34-39-44-52(55)58-47-51(48-59-53(56)45-40-35-30-25-21-20-23-28-33-38-43-50(4)5)60-54(57)46-41-36-31-26-19-16-15-17-22-27-32-37-42-49(2)3/h49-51H,6-48H2,1-5H3/t51-/m1/s1. The number of ether oxygens (including phenoxy) is 3. The van der Waals surface area contributed by atoms with E-state index >= 15 is 0 Å². The number of carbonyl (C=O) groups is 3. The molecule has 0 saturated carbocycles. The highest BCUT2D eigenvalue weighted by Crippen LogP contribution is 2.17. The van der Waals surface area contributed by atoms with Gasteiger partial charge in [-0.3, -0.25) is 14.4 Å². The molecule has 0 rings (SSSR count). The Morgan fingerprint density at radius 2 is 0.550 bits per heavy atom. The predicted molar refractivity (Wildman–Crippen MR) is 256 cm³/mol. The van der Waals surface area contributed by atoms with Crippen molar-refractivity contribution >= 4 is 17.9 Å². The second-order valence-electron chi connectivity index (χ2n) is 19.5. The molecular weight excluding hydrogens is 745 g/mol. The lowest BCUT2D eigenvalue weighted by atomic mass is 10.0. The monoisotopic (exact) mass is 849 g/mol. The van der Waals surface area contributed by atoms with Gasteiger partial charge in [0, 0.05) is 19.3 Å². The fraction of sp³-hybridized carbons (Fsp3) is 0.944. The molecule has 356 valence electrons. The molecule has 0 fully saturated rings. The first-order valence-electron chi connectivity index (χ1n) is 26.7. The summed E-state index contributed by atoms with van der Waals surface area (Å²) in [5, 5.41) is 0. The lowest BCUT2D eigenvalue weighted by Crippen LogP contribution is -2.30. The number of carbonyl (C=O) groups excluding carboxylic acids is 3. The van der Waals surface area contributed by atoms with E-state index < -0.39 is 6.10 Å². The summed E-state index contributed by atoms with van der Waals surface area (Å²) < 4.78 is 16.8. The van der Waals surface area contributed by atoms with Crippen LogP contribution in [0, 0.1) is 11.8 Å². The van der Waals surface area contributed by atoms with E-state index in [1.54, 1.807) is 0 Å². The molecule has 0 aliphatic carbocycles. The molecule has 0 aromatic heterocycles. The largest absolute Gasteiger partial charge is 0.462 e. The summed E-state index contributed by atoms with van der Waals surface area (Å²) in [4.78, 5) is 38.0. The van der Waals surface area contributed by atoms with E-state index in [0.29, 0.717) is 19.3 Å². The highest BCUT2D eigenvalue weighted by atomic mass is 16.6. The second-order valence-corrected chi connectivity index (χ2v) is 19.5. The minimum Gasteiger partial charge on any atom is -0.462 e. The first kappa shape index (κ1) is 58.4. The van der Waals surface area contributed by atoms with Gasteiger partial charge in [0.1, 0.15) is 13.2 Å². The van der Waals surface area contributed by atoms with E-state index in [-0.39, 0.29) is 31.1 Å². The van der Waals surface area contributed by atoms with E-state index in [0.717, 1.165) is 69.6 Å². The van der Waals surface area contributed by atoms with Crippen molar-refractivity contribution in [2.45, 2.75) is 304 Å². The van der Waals surface area contributed by atoms with E-state index in [4.69, 9.17) is 14.2 Å². The molecule has 0 bridgehead atoms. The average Bonchev–Trinajstić information content (AvgIpc) is 3.22. The smallest absolute Gasteiger partial charge is 0.306 e. The van der Waals surface area contributed by atoms with Crippen LogP contribution in [0.25, 0.3) is 0 Å². The van der Waals surface area contributed by atoms with Crippen molar-refractivity contribution in [2.75, 3.05) is 13.2 Å². The molecule has 0 aliphatic rings. The van der Waals surface area contributed by atoms with Crippen LogP contribution >= 0.6 is 0 Å². The normalized spacial score (nSPS) is 12.1. The average molecular weight is 849 g/mol. The summed E-state index contributed by atoms with van der Waals surface area (Å²) in [5.74, 6) is 0.805. The van der Waals surface area contributed by atoms with Crippen molar-refractivity contribution in [3.05, 3.63) is 0 Å². The molecule has 1 atom stereocenters. The number of esters is 3. The molecule has 6 heteroatoms. The molecule has 0 radical (unpaired) electrons. The lowest BCUT2D eigenvalue weighted by Gasteiger charge is -2.18. The third-order valence-corrected chi connectivity index (χ3v) is 12.2. The maximum absolute atomic E-state index is 12.8. The maximum Gasteiger partial charge on any atom is 0.306 e. The number of hydrogen-bond acceptors (Lipinski definition) is 6. The van der Waals surface area contributed by atoms with Crippen LogP contribution in [-0.4, -0.2) is 37.2 Å². The third-order valence-electron chi connectivity index (χ3n) is 12.2. The highest BCUT2D eigenvalue weighted by Gasteiger charge is 2.19. The molecule has 60 heavy (non-hydrogen) atoms. The fourth-order valence-corrected chi connectivity index (χ4v) is 8.17. The van der Waals surface area contributed by atoms with Crippen LogP contribution in [0.15, 0.2) is 0 Å². The van der Waals surface area contributed by atoms with Crippen molar-refractivity contribution in [3.8, 4) is 0 Å². The number of hydrogen-bond donors (Lipinski definition) is 0. The summed E-state index contributed by atoms with van der Waals surface area (Å²) in [7, 11) is 0. The first-order chi connectivity index (χ1) is 29.2. The minimum absolute atomic E-state index is 0.0634. The van der Waals surface area contributed by atoms with Gasteiger partial charge in [-0.05, 0) is 31.1 Å². The summed E-state index contributed by atoms with van der Waals surface area (Å²) in [6.07, 6.45) is 48.0. The van der Waals surface area contributed by atoms with Crippen LogP contribution in [0.2, 0.25) is 0 Å². The highest BCUT2D eigenvalue weighted by molar-refractivity contribution is 5.71. The van der Waals surface area contributed by atoms with Crippen molar-refractivity contribution in [1.82, 2.24) is 0 Å². The van der Waals surface area contributed by atoms with E-state index in [9.17, 15) is 14.4 Å². The Hall–Kier alpha value is -1.59. The van der Waals surface area contributed by atoms with Gasteiger partial charge in [-0.15, -0.1) is 0 Å². The molecule has 0 saturated heterocycles. The fourth-order valence-electron chi connectivity index (χ4n) is 8.17. The van der Waals surface area contributed by atoms with Gasteiger partial charge in [0.2, 0.25) is 0 Å². The Bertz CT molecular complexity index is 916. The Morgan fingerprint density at radius 1 is 0.317 bits per heavy atom. The van der Waals surface area contributed by atoms with Gasteiger partial charge in [-0.1, -0.05) is 259 Å². The maximum atomic E-state index is 12.8. The molecule has 0 amide bonds. The van der Waals surface area contributed by atoms with Gasteiger partial charge < -0.3 is 14.2 Å². The Kier molecular flexibility index (Phi) is 45.7. The van der Waals surface area contributed by atoms with E-state index in [1.807, 2.05) is 0 Å². The van der Waals surface area contributed by atoms with Crippen LogP contribution in [-0.2, 0) is 28.6 Å². The Morgan fingerprint density at radius 3 is 0.817 bits per heavy atom. The minimum atomic E-state index is -0.762. The van der Waals surface area contributed by atoms with Gasteiger partial charge in [0.05, 0.1) is 0 Å². The molecule has 0 aromatic rings. The topological polar surface area (TPSA) is 78.9 Å². The van der Waals surface area contributed by atoms with Crippen LogP contribution < -0.4 is 0 Å². The lowest BCUT2D eigenvalue weighted by molar-refractivity contribution is -0.167. The molecule has 0 N–H and O–H groups in total.